The standard InChI is InChI=1S/C9H7FOS/c10-7-3-1-2-6-4-5-8(11)12-9(6)7/h1-3H,4-5H2. The first kappa shape index (κ1) is 7.80. The van der Waals surface area contributed by atoms with Crippen molar-refractivity contribution in [2.24, 2.45) is 0 Å². The van der Waals surface area contributed by atoms with Gasteiger partial charge in [0.1, 0.15) is 5.82 Å². The molecule has 1 heterocycles. The Morgan fingerprint density at radius 2 is 2.17 bits per heavy atom. The Hall–Kier alpha value is -0.830. The highest BCUT2D eigenvalue weighted by atomic mass is 32.2. The van der Waals surface area contributed by atoms with E-state index in [1.54, 1.807) is 6.07 Å². The molecule has 62 valence electrons. The van der Waals surface area contributed by atoms with E-state index in [9.17, 15) is 9.18 Å². The number of thioether (sulfide) groups is 1. The SMILES string of the molecule is O=C1CCc2cccc(F)c2S1. The number of benzene rings is 1. The average Bonchev–Trinajstić information content (AvgIpc) is 2.07. The molecule has 1 nitrogen and oxygen atoms in total. The molecule has 12 heavy (non-hydrogen) atoms. The van der Waals surface area contributed by atoms with Crippen molar-refractivity contribution in [1.29, 1.82) is 0 Å². The number of fused-ring (bicyclic) bond motifs is 1. The Morgan fingerprint density at radius 1 is 1.33 bits per heavy atom. The van der Waals surface area contributed by atoms with Gasteiger partial charge in [0.05, 0.1) is 4.90 Å². The first-order valence-corrected chi connectivity index (χ1v) is 4.57. The Balaban J connectivity index is 2.50. The van der Waals surface area contributed by atoms with Crippen molar-refractivity contribution >= 4 is 16.9 Å². The molecular weight excluding hydrogens is 175 g/mol. The van der Waals surface area contributed by atoms with Crippen LogP contribution in [-0.4, -0.2) is 5.12 Å². The van der Waals surface area contributed by atoms with E-state index in [4.69, 9.17) is 0 Å². The van der Waals surface area contributed by atoms with E-state index in [1.165, 1.54) is 6.07 Å². The molecule has 1 aromatic carbocycles. The quantitative estimate of drug-likeness (QED) is 0.612. The molecule has 0 aromatic heterocycles. The van der Waals surface area contributed by atoms with Crippen LogP contribution in [0, 0.1) is 5.82 Å². The highest BCUT2D eigenvalue weighted by Gasteiger charge is 2.18. The third kappa shape index (κ3) is 1.25. The highest BCUT2D eigenvalue weighted by Crippen LogP contribution is 2.32. The predicted octanol–water partition coefficient (Wildman–Crippen LogP) is 2.39. The van der Waals surface area contributed by atoms with Gasteiger partial charge in [0.2, 0.25) is 0 Å². The lowest BCUT2D eigenvalue weighted by Gasteiger charge is -2.13. The lowest BCUT2D eigenvalue weighted by molar-refractivity contribution is -0.111. The molecule has 0 N–H and O–H groups in total. The lowest BCUT2D eigenvalue weighted by Crippen LogP contribution is -2.05. The molecule has 0 spiro atoms. The summed E-state index contributed by atoms with van der Waals surface area (Å²) in [4.78, 5) is 11.5. The molecule has 1 aromatic rings. The first-order chi connectivity index (χ1) is 5.77. The Kier molecular flexibility index (Phi) is 1.89. The van der Waals surface area contributed by atoms with Gasteiger partial charge in [0.15, 0.2) is 5.12 Å². The van der Waals surface area contributed by atoms with Gasteiger partial charge in [-0.2, -0.15) is 0 Å². The molecule has 3 heteroatoms. The van der Waals surface area contributed by atoms with Crippen LogP contribution in [0.25, 0.3) is 0 Å². The van der Waals surface area contributed by atoms with Gasteiger partial charge >= 0.3 is 0 Å². The lowest BCUT2D eigenvalue weighted by atomic mass is 10.1. The van der Waals surface area contributed by atoms with Gasteiger partial charge in [-0.3, -0.25) is 4.79 Å². The van der Waals surface area contributed by atoms with E-state index in [0.29, 0.717) is 17.7 Å². The van der Waals surface area contributed by atoms with E-state index >= 15 is 0 Å². The van der Waals surface area contributed by atoms with Crippen LogP contribution in [0.1, 0.15) is 12.0 Å². The maximum atomic E-state index is 13.1. The molecule has 2 rings (SSSR count). The summed E-state index contributed by atoms with van der Waals surface area (Å²) in [6.07, 6.45) is 1.21. The number of carbonyl (C=O) groups is 1. The minimum absolute atomic E-state index is 0.0626. The monoisotopic (exact) mass is 182 g/mol. The summed E-state index contributed by atoms with van der Waals surface area (Å²) in [7, 11) is 0. The molecule has 0 unspecified atom stereocenters. The third-order valence-electron chi connectivity index (χ3n) is 1.86. The van der Waals surface area contributed by atoms with Gasteiger partial charge in [0, 0.05) is 6.42 Å². The van der Waals surface area contributed by atoms with Crippen LogP contribution in [0.4, 0.5) is 4.39 Å². The van der Waals surface area contributed by atoms with Crippen molar-refractivity contribution < 1.29 is 9.18 Å². The fourth-order valence-corrected chi connectivity index (χ4v) is 2.16. The molecule has 0 fully saturated rings. The minimum Gasteiger partial charge on any atom is -0.287 e. The first-order valence-electron chi connectivity index (χ1n) is 3.75. The molecule has 0 saturated heterocycles. The summed E-state index contributed by atoms with van der Waals surface area (Å²) in [6, 6.07) is 4.95. The van der Waals surface area contributed by atoms with E-state index in [0.717, 1.165) is 17.3 Å². The van der Waals surface area contributed by atoms with Crippen molar-refractivity contribution in [2.45, 2.75) is 17.7 Å². The Morgan fingerprint density at radius 3 is 3.00 bits per heavy atom. The number of carbonyl (C=O) groups excluding carboxylic acids is 1. The van der Waals surface area contributed by atoms with Gasteiger partial charge in [-0.15, -0.1) is 0 Å². The number of rotatable bonds is 0. The third-order valence-corrected chi connectivity index (χ3v) is 2.96. The fourth-order valence-electron chi connectivity index (χ4n) is 1.27. The molecule has 0 atom stereocenters. The average molecular weight is 182 g/mol. The second kappa shape index (κ2) is 2.90. The molecule has 1 aliphatic rings. The van der Waals surface area contributed by atoms with Crippen molar-refractivity contribution in [1.82, 2.24) is 0 Å². The van der Waals surface area contributed by atoms with Crippen LogP contribution in [0.2, 0.25) is 0 Å². The molecule has 1 aliphatic heterocycles. The summed E-state index contributed by atoms with van der Waals surface area (Å²) in [6.45, 7) is 0. The van der Waals surface area contributed by atoms with Crippen molar-refractivity contribution in [3.63, 3.8) is 0 Å². The molecular formula is C9H7FOS. The molecule has 0 bridgehead atoms. The smallest absolute Gasteiger partial charge is 0.194 e. The topological polar surface area (TPSA) is 17.1 Å². The van der Waals surface area contributed by atoms with Crippen LogP contribution < -0.4 is 0 Å². The van der Waals surface area contributed by atoms with Crippen molar-refractivity contribution in [2.75, 3.05) is 0 Å². The van der Waals surface area contributed by atoms with Crippen LogP contribution >= 0.6 is 11.8 Å². The van der Waals surface area contributed by atoms with Gasteiger partial charge in [-0.25, -0.2) is 4.39 Å². The largest absolute Gasteiger partial charge is 0.287 e. The number of hydrogen-bond acceptors (Lipinski definition) is 2. The highest BCUT2D eigenvalue weighted by molar-refractivity contribution is 8.13. The fraction of sp³-hybridized carbons (Fsp3) is 0.222. The summed E-state index contributed by atoms with van der Waals surface area (Å²) >= 11 is 1.02. The van der Waals surface area contributed by atoms with Crippen molar-refractivity contribution in [3.05, 3.63) is 29.6 Å². The number of aryl methyl sites for hydroxylation is 1. The summed E-state index contributed by atoms with van der Waals surface area (Å²) in [5, 5.41) is 0.0626. The Labute approximate surface area is 74.0 Å². The summed E-state index contributed by atoms with van der Waals surface area (Å²) < 4.78 is 13.1. The second-order valence-electron chi connectivity index (χ2n) is 2.70. The Bertz CT molecular complexity index is 335. The molecule has 0 aliphatic carbocycles. The number of halogens is 1. The summed E-state index contributed by atoms with van der Waals surface area (Å²) in [5.41, 5.74) is 0.958. The number of hydrogen-bond donors (Lipinski definition) is 0. The second-order valence-corrected chi connectivity index (χ2v) is 3.77. The normalized spacial score (nSPS) is 15.9. The van der Waals surface area contributed by atoms with Crippen LogP contribution in [-0.2, 0) is 11.2 Å². The van der Waals surface area contributed by atoms with Crippen LogP contribution in [0.15, 0.2) is 23.1 Å². The van der Waals surface area contributed by atoms with Gasteiger partial charge in [0.25, 0.3) is 0 Å². The predicted molar refractivity (Wildman–Crippen MR) is 45.6 cm³/mol. The van der Waals surface area contributed by atoms with E-state index in [-0.39, 0.29) is 10.9 Å². The van der Waals surface area contributed by atoms with Crippen molar-refractivity contribution in [3.8, 4) is 0 Å². The van der Waals surface area contributed by atoms with Crippen LogP contribution in [0.3, 0.4) is 0 Å². The molecule has 0 radical (unpaired) electrons. The maximum Gasteiger partial charge on any atom is 0.194 e. The molecule has 0 saturated carbocycles. The van der Waals surface area contributed by atoms with E-state index in [1.807, 2.05) is 6.07 Å². The van der Waals surface area contributed by atoms with Crippen LogP contribution in [0.5, 0.6) is 0 Å². The zero-order valence-electron chi connectivity index (χ0n) is 6.34. The van der Waals surface area contributed by atoms with E-state index < -0.39 is 0 Å². The van der Waals surface area contributed by atoms with Gasteiger partial charge in [-0.05, 0) is 29.8 Å². The summed E-state index contributed by atoms with van der Waals surface area (Å²) in [5.74, 6) is -0.273. The van der Waals surface area contributed by atoms with Gasteiger partial charge in [-0.1, -0.05) is 12.1 Å². The molecule has 0 amide bonds. The zero-order chi connectivity index (χ0) is 8.55. The van der Waals surface area contributed by atoms with E-state index in [2.05, 4.69) is 0 Å². The van der Waals surface area contributed by atoms with Gasteiger partial charge < -0.3 is 0 Å². The maximum absolute atomic E-state index is 13.1. The minimum atomic E-state index is -0.273. The zero-order valence-corrected chi connectivity index (χ0v) is 7.16.